The zero-order valence-corrected chi connectivity index (χ0v) is 17.5. The number of nitrogens with one attached hydrogen (secondary N) is 1. The minimum atomic E-state index is 0.687. The first-order valence-corrected chi connectivity index (χ1v) is 10.9. The normalized spacial score (nSPS) is 12.1. The highest BCUT2D eigenvalue weighted by atomic mass is 32.1. The number of fused-ring (bicyclic) bond motifs is 1. The van der Waals surface area contributed by atoms with Crippen molar-refractivity contribution in [2.24, 2.45) is 10.1 Å². The van der Waals surface area contributed by atoms with E-state index in [1.54, 1.807) is 11.3 Å². The molecule has 1 heterocycles. The first-order chi connectivity index (χ1) is 13.8. The van der Waals surface area contributed by atoms with Gasteiger partial charge in [0.2, 0.25) is 0 Å². The third-order valence-electron chi connectivity index (χ3n) is 4.47. The minimum Gasteiger partial charge on any atom is -0.259 e. The van der Waals surface area contributed by atoms with Crippen LogP contribution in [0.5, 0.6) is 0 Å². The molecule has 0 aliphatic carbocycles. The number of aliphatic imine (C=N–C) groups is 1. The van der Waals surface area contributed by atoms with Crippen molar-refractivity contribution in [2.45, 2.75) is 52.4 Å². The molecule has 5 heteroatoms. The van der Waals surface area contributed by atoms with Gasteiger partial charge in [-0.2, -0.15) is 5.10 Å². The van der Waals surface area contributed by atoms with Crippen LogP contribution in [-0.2, 0) is 0 Å². The van der Waals surface area contributed by atoms with E-state index in [-0.39, 0.29) is 0 Å². The van der Waals surface area contributed by atoms with Crippen LogP contribution in [0.3, 0.4) is 0 Å². The quantitative estimate of drug-likeness (QED) is 0.192. The van der Waals surface area contributed by atoms with Crippen molar-refractivity contribution in [3.8, 4) is 0 Å². The van der Waals surface area contributed by atoms with Crippen molar-refractivity contribution in [3.63, 3.8) is 0 Å². The highest BCUT2D eigenvalue weighted by molar-refractivity contribution is 7.20. The fourth-order valence-electron chi connectivity index (χ4n) is 2.85. The van der Waals surface area contributed by atoms with Crippen LogP contribution in [-0.4, -0.2) is 17.0 Å². The predicted octanol–water partition coefficient (Wildman–Crippen LogP) is 6.62. The molecule has 4 nitrogen and oxygen atoms in total. The van der Waals surface area contributed by atoms with Crippen molar-refractivity contribution < 1.29 is 0 Å². The van der Waals surface area contributed by atoms with Crippen LogP contribution < -0.4 is 5.43 Å². The third kappa shape index (κ3) is 5.99. The molecule has 3 aromatic rings. The van der Waals surface area contributed by atoms with E-state index in [9.17, 15) is 0 Å². The first kappa shape index (κ1) is 20.2. The standard InChI is InChI=1S/C23H28N4S/c1-3-4-5-6-7-10-17-24-27-22(25-19-15-13-18(2)14-16-19)23-26-20-11-8-9-12-21(20)28-23/h8-9,11-17H,3-7,10H2,1-2H3,(H,25,27)/b24-17+. The molecule has 2 aromatic carbocycles. The van der Waals surface area contributed by atoms with Gasteiger partial charge in [0.1, 0.15) is 0 Å². The Hall–Kier alpha value is -2.53. The number of aromatic nitrogens is 1. The van der Waals surface area contributed by atoms with Gasteiger partial charge in [0.15, 0.2) is 10.8 Å². The Morgan fingerprint density at radius 2 is 1.82 bits per heavy atom. The molecule has 0 unspecified atom stereocenters. The number of nitrogens with zero attached hydrogens (tertiary/aromatic N) is 3. The second kappa shape index (κ2) is 10.7. The van der Waals surface area contributed by atoms with Gasteiger partial charge in [-0.1, -0.05) is 62.4 Å². The summed E-state index contributed by atoms with van der Waals surface area (Å²) in [5.41, 5.74) is 6.22. The van der Waals surface area contributed by atoms with Gasteiger partial charge in [0.25, 0.3) is 0 Å². The fraction of sp³-hybridized carbons (Fsp3) is 0.348. The highest BCUT2D eigenvalue weighted by Gasteiger charge is 2.10. The lowest BCUT2D eigenvalue weighted by Gasteiger charge is -2.03. The van der Waals surface area contributed by atoms with E-state index in [2.05, 4.69) is 42.6 Å². The van der Waals surface area contributed by atoms with Crippen molar-refractivity contribution in [1.29, 1.82) is 0 Å². The Kier molecular flexibility index (Phi) is 7.73. The van der Waals surface area contributed by atoms with E-state index < -0.39 is 0 Å². The van der Waals surface area contributed by atoms with Crippen LogP contribution in [0, 0.1) is 6.92 Å². The van der Waals surface area contributed by atoms with Crippen LogP contribution >= 0.6 is 11.3 Å². The molecule has 1 N–H and O–H groups in total. The largest absolute Gasteiger partial charge is 0.259 e. The molecule has 0 fully saturated rings. The van der Waals surface area contributed by atoms with Crippen LogP contribution in [0.1, 0.15) is 56.0 Å². The third-order valence-corrected chi connectivity index (χ3v) is 5.51. The molecule has 146 valence electrons. The van der Waals surface area contributed by atoms with Gasteiger partial charge in [-0.05, 0) is 44.0 Å². The number of rotatable bonds is 9. The van der Waals surface area contributed by atoms with E-state index in [0.717, 1.165) is 27.3 Å². The highest BCUT2D eigenvalue weighted by Crippen LogP contribution is 2.23. The fourth-order valence-corrected chi connectivity index (χ4v) is 3.76. The van der Waals surface area contributed by atoms with Gasteiger partial charge in [-0.3, -0.25) is 5.43 Å². The van der Waals surface area contributed by atoms with Gasteiger partial charge < -0.3 is 0 Å². The lowest BCUT2D eigenvalue weighted by atomic mass is 10.1. The number of hydrogen-bond acceptors (Lipinski definition) is 4. The summed E-state index contributed by atoms with van der Waals surface area (Å²) in [4.78, 5) is 9.49. The van der Waals surface area contributed by atoms with Crippen LogP contribution in [0.4, 0.5) is 5.69 Å². The van der Waals surface area contributed by atoms with Crippen molar-refractivity contribution >= 4 is 39.3 Å². The Bertz CT molecular complexity index is 892. The van der Waals surface area contributed by atoms with Crippen molar-refractivity contribution in [2.75, 3.05) is 0 Å². The summed E-state index contributed by atoms with van der Waals surface area (Å²) < 4.78 is 1.15. The number of benzene rings is 2. The zero-order valence-electron chi connectivity index (χ0n) is 16.7. The lowest BCUT2D eigenvalue weighted by molar-refractivity contribution is 0.644. The number of thiazole rings is 1. The lowest BCUT2D eigenvalue weighted by Crippen LogP contribution is -2.18. The van der Waals surface area contributed by atoms with Crippen LogP contribution in [0.15, 0.2) is 58.6 Å². The number of para-hydroxylation sites is 1. The zero-order chi connectivity index (χ0) is 19.6. The molecule has 0 radical (unpaired) electrons. The maximum atomic E-state index is 4.76. The number of unbranched alkanes of at least 4 members (excludes halogenated alkanes) is 5. The molecule has 0 amide bonds. The molecular weight excluding hydrogens is 364 g/mol. The van der Waals surface area contributed by atoms with Gasteiger partial charge in [0.05, 0.1) is 15.9 Å². The number of amidine groups is 1. The average Bonchev–Trinajstić information content (AvgIpc) is 3.15. The van der Waals surface area contributed by atoms with Gasteiger partial charge >= 0.3 is 0 Å². The smallest absolute Gasteiger partial charge is 0.183 e. The van der Waals surface area contributed by atoms with Crippen molar-refractivity contribution in [3.05, 3.63) is 59.1 Å². The molecule has 0 aliphatic heterocycles. The molecule has 0 saturated carbocycles. The van der Waals surface area contributed by atoms with E-state index in [4.69, 9.17) is 9.98 Å². The minimum absolute atomic E-state index is 0.687. The Balaban J connectivity index is 1.72. The number of aryl methyl sites for hydroxylation is 1. The van der Waals surface area contributed by atoms with E-state index >= 15 is 0 Å². The van der Waals surface area contributed by atoms with Crippen LogP contribution in [0.2, 0.25) is 0 Å². The summed E-state index contributed by atoms with van der Waals surface area (Å²) in [6.07, 6.45) is 9.28. The second-order valence-electron chi connectivity index (χ2n) is 6.91. The predicted molar refractivity (Wildman–Crippen MR) is 122 cm³/mol. The molecule has 0 aliphatic rings. The molecule has 0 saturated heterocycles. The Morgan fingerprint density at radius 1 is 1.04 bits per heavy atom. The van der Waals surface area contributed by atoms with E-state index in [0.29, 0.717) is 5.84 Å². The van der Waals surface area contributed by atoms with E-state index in [1.807, 2.05) is 36.5 Å². The number of hydrazone groups is 1. The maximum Gasteiger partial charge on any atom is 0.183 e. The van der Waals surface area contributed by atoms with Crippen molar-refractivity contribution in [1.82, 2.24) is 10.4 Å². The topological polar surface area (TPSA) is 49.6 Å². The monoisotopic (exact) mass is 392 g/mol. The Morgan fingerprint density at radius 3 is 2.61 bits per heavy atom. The summed E-state index contributed by atoms with van der Waals surface area (Å²) in [5.74, 6) is 0.687. The molecule has 0 spiro atoms. The molecule has 0 bridgehead atoms. The summed E-state index contributed by atoms with van der Waals surface area (Å²) in [5, 5.41) is 5.26. The SMILES string of the molecule is CCCCCCC/C=N/NC(=Nc1ccc(C)cc1)c1nc2ccccc2s1. The maximum absolute atomic E-state index is 4.76. The molecule has 28 heavy (non-hydrogen) atoms. The van der Waals surface area contributed by atoms with Gasteiger partial charge in [0, 0.05) is 6.21 Å². The molecular formula is C23H28N4S. The molecule has 0 atom stereocenters. The van der Waals surface area contributed by atoms with Gasteiger partial charge in [-0.15, -0.1) is 11.3 Å². The first-order valence-electron chi connectivity index (χ1n) is 10.0. The van der Waals surface area contributed by atoms with E-state index in [1.165, 1.54) is 37.7 Å². The second-order valence-corrected chi connectivity index (χ2v) is 7.94. The summed E-state index contributed by atoms with van der Waals surface area (Å²) >= 11 is 1.63. The summed E-state index contributed by atoms with van der Waals surface area (Å²) in [6.45, 7) is 4.31. The summed E-state index contributed by atoms with van der Waals surface area (Å²) in [7, 11) is 0. The molecule has 3 rings (SSSR count). The summed E-state index contributed by atoms with van der Waals surface area (Å²) in [6, 6.07) is 16.3. The van der Waals surface area contributed by atoms with Crippen LogP contribution in [0.25, 0.3) is 10.2 Å². The average molecular weight is 393 g/mol. The number of hydrogen-bond donors (Lipinski definition) is 1. The Labute approximate surface area is 171 Å². The molecule has 1 aromatic heterocycles. The van der Waals surface area contributed by atoms with Gasteiger partial charge in [-0.25, -0.2) is 9.98 Å².